The van der Waals surface area contributed by atoms with Gasteiger partial charge in [0.1, 0.15) is 0 Å². The molecule has 3 nitrogen and oxygen atoms in total. The van der Waals surface area contributed by atoms with E-state index in [0.29, 0.717) is 13.1 Å². The van der Waals surface area contributed by atoms with Gasteiger partial charge in [-0.2, -0.15) is 5.10 Å². The average Bonchev–Trinajstić information content (AvgIpc) is 2.86. The monoisotopic (exact) mass is 245 g/mol. The van der Waals surface area contributed by atoms with Crippen LogP contribution in [0.5, 0.6) is 0 Å². The Labute approximate surface area is 110 Å². The molecule has 1 heterocycles. The summed E-state index contributed by atoms with van der Waals surface area (Å²) in [6, 6.07) is 0. The highest BCUT2D eigenvalue weighted by Crippen LogP contribution is 2.04. The standard InChI is InChI=1S/C13H17N3.C2H6/c1-3-5-7-12(6-4-2)10-16-11-13(8-14)9-15-16;1-2/h3-7,9,11H,1-2,8,10,14H2;1-2H3/b7-5-,12-6+;. The zero-order valence-corrected chi connectivity index (χ0v) is 11.3. The summed E-state index contributed by atoms with van der Waals surface area (Å²) in [5.74, 6) is 0. The minimum atomic E-state index is 0.517. The molecule has 0 aliphatic rings. The molecule has 1 aromatic rings. The van der Waals surface area contributed by atoms with Crippen molar-refractivity contribution in [3.05, 3.63) is 67.1 Å². The summed E-state index contributed by atoms with van der Waals surface area (Å²) in [6.07, 6.45) is 13.0. The van der Waals surface area contributed by atoms with E-state index in [1.165, 1.54) is 0 Å². The van der Waals surface area contributed by atoms with Crippen LogP contribution in [0.1, 0.15) is 19.4 Å². The minimum absolute atomic E-state index is 0.517. The second-order valence-electron chi connectivity index (χ2n) is 3.32. The van der Waals surface area contributed by atoms with Gasteiger partial charge in [-0.25, -0.2) is 0 Å². The van der Waals surface area contributed by atoms with E-state index < -0.39 is 0 Å². The number of aromatic nitrogens is 2. The Bertz CT molecular complexity index is 411. The Hall–Kier alpha value is -1.87. The van der Waals surface area contributed by atoms with Crippen LogP contribution in [-0.4, -0.2) is 9.78 Å². The third kappa shape index (κ3) is 6.01. The Balaban J connectivity index is 0.00000137. The largest absolute Gasteiger partial charge is 0.326 e. The summed E-state index contributed by atoms with van der Waals surface area (Å²) in [5, 5.41) is 4.22. The van der Waals surface area contributed by atoms with Crippen molar-refractivity contribution in [3.63, 3.8) is 0 Å². The molecule has 0 amide bonds. The molecule has 1 rings (SSSR count). The molecule has 0 aliphatic heterocycles. The van der Waals surface area contributed by atoms with E-state index in [1.54, 1.807) is 18.3 Å². The molecule has 0 bridgehead atoms. The summed E-state index contributed by atoms with van der Waals surface area (Å²) in [5.41, 5.74) is 7.67. The number of rotatable bonds is 6. The maximum atomic E-state index is 5.52. The maximum absolute atomic E-state index is 5.52. The van der Waals surface area contributed by atoms with Crippen LogP contribution in [0, 0.1) is 0 Å². The molecule has 3 heteroatoms. The van der Waals surface area contributed by atoms with Crippen molar-refractivity contribution in [2.45, 2.75) is 26.9 Å². The topological polar surface area (TPSA) is 43.8 Å². The van der Waals surface area contributed by atoms with Gasteiger partial charge >= 0.3 is 0 Å². The molecular weight excluding hydrogens is 222 g/mol. The first-order chi connectivity index (χ1) is 8.80. The number of nitrogens with two attached hydrogens (primary N) is 1. The molecule has 1 aromatic heterocycles. The predicted octanol–water partition coefficient (Wildman–Crippen LogP) is 3.22. The Morgan fingerprint density at radius 1 is 1.39 bits per heavy atom. The van der Waals surface area contributed by atoms with E-state index in [-0.39, 0.29) is 0 Å². The van der Waals surface area contributed by atoms with Gasteiger partial charge < -0.3 is 5.73 Å². The summed E-state index contributed by atoms with van der Waals surface area (Å²) in [7, 11) is 0. The Kier molecular flexibility index (Phi) is 9.23. The average molecular weight is 245 g/mol. The summed E-state index contributed by atoms with van der Waals surface area (Å²) >= 11 is 0. The molecule has 0 fully saturated rings. The van der Waals surface area contributed by atoms with Gasteiger partial charge in [0.15, 0.2) is 0 Å². The highest BCUT2D eigenvalue weighted by molar-refractivity contribution is 5.25. The van der Waals surface area contributed by atoms with Crippen molar-refractivity contribution < 1.29 is 0 Å². The maximum Gasteiger partial charge on any atom is 0.0659 e. The fraction of sp³-hybridized carbons (Fsp3) is 0.267. The number of nitrogens with zero attached hydrogens (tertiary/aromatic N) is 2. The Morgan fingerprint density at radius 2 is 2.11 bits per heavy atom. The molecule has 0 radical (unpaired) electrons. The number of hydrogen-bond acceptors (Lipinski definition) is 2. The second kappa shape index (κ2) is 10.3. The fourth-order valence-corrected chi connectivity index (χ4v) is 1.29. The van der Waals surface area contributed by atoms with Crippen LogP contribution in [0.15, 0.2) is 61.5 Å². The van der Waals surface area contributed by atoms with Gasteiger partial charge in [0.2, 0.25) is 0 Å². The summed E-state index contributed by atoms with van der Waals surface area (Å²) < 4.78 is 1.85. The third-order valence-electron chi connectivity index (χ3n) is 2.05. The van der Waals surface area contributed by atoms with Gasteiger partial charge in [0.25, 0.3) is 0 Å². The van der Waals surface area contributed by atoms with Crippen LogP contribution in [0.25, 0.3) is 0 Å². The molecule has 0 saturated heterocycles. The van der Waals surface area contributed by atoms with E-state index in [4.69, 9.17) is 5.73 Å². The lowest BCUT2D eigenvalue weighted by Crippen LogP contribution is -2.00. The van der Waals surface area contributed by atoms with Crippen LogP contribution in [0.4, 0.5) is 0 Å². The lowest BCUT2D eigenvalue weighted by molar-refractivity contribution is 0.685. The van der Waals surface area contributed by atoms with Crippen LogP contribution in [-0.2, 0) is 13.1 Å². The zero-order chi connectivity index (χ0) is 13.8. The van der Waals surface area contributed by atoms with Crippen molar-refractivity contribution in [3.8, 4) is 0 Å². The predicted molar refractivity (Wildman–Crippen MR) is 79.1 cm³/mol. The normalized spacial score (nSPS) is 10.9. The first kappa shape index (κ1) is 16.1. The van der Waals surface area contributed by atoms with Crippen molar-refractivity contribution >= 4 is 0 Å². The van der Waals surface area contributed by atoms with E-state index in [2.05, 4.69) is 18.3 Å². The second-order valence-corrected chi connectivity index (χ2v) is 3.32. The molecule has 2 N–H and O–H groups in total. The highest BCUT2D eigenvalue weighted by atomic mass is 15.3. The molecule has 0 aromatic carbocycles. The van der Waals surface area contributed by atoms with E-state index >= 15 is 0 Å². The first-order valence-corrected chi connectivity index (χ1v) is 6.12. The quantitative estimate of drug-likeness (QED) is 0.782. The third-order valence-corrected chi connectivity index (χ3v) is 2.05. The van der Waals surface area contributed by atoms with Crippen LogP contribution >= 0.6 is 0 Å². The SMILES string of the molecule is C=C/C=C\C(=C/C=C)Cn1cc(CN)cn1.CC. The van der Waals surface area contributed by atoms with Crippen molar-refractivity contribution in [2.75, 3.05) is 0 Å². The van der Waals surface area contributed by atoms with E-state index in [9.17, 15) is 0 Å². The van der Waals surface area contributed by atoms with Gasteiger partial charge in [0, 0.05) is 18.3 Å². The van der Waals surface area contributed by atoms with Gasteiger partial charge in [-0.1, -0.05) is 57.4 Å². The minimum Gasteiger partial charge on any atom is -0.326 e. The molecular formula is C15H23N3. The van der Waals surface area contributed by atoms with Crippen molar-refractivity contribution in [1.82, 2.24) is 9.78 Å². The van der Waals surface area contributed by atoms with Gasteiger partial charge in [-0.05, 0) is 5.57 Å². The lowest BCUT2D eigenvalue weighted by Gasteiger charge is -2.01. The fourth-order valence-electron chi connectivity index (χ4n) is 1.29. The smallest absolute Gasteiger partial charge is 0.0659 e. The molecule has 0 aliphatic carbocycles. The molecule has 0 saturated carbocycles. The van der Waals surface area contributed by atoms with Crippen LogP contribution in [0.2, 0.25) is 0 Å². The summed E-state index contributed by atoms with van der Waals surface area (Å²) in [6.45, 7) is 12.5. The molecule has 98 valence electrons. The van der Waals surface area contributed by atoms with Crippen molar-refractivity contribution in [2.24, 2.45) is 5.73 Å². The molecule has 18 heavy (non-hydrogen) atoms. The van der Waals surface area contributed by atoms with E-state index in [1.807, 2.05) is 43.0 Å². The number of hydrogen-bond donors (Lipinski definition) is 1. The highest BCUT2D eigenvalue weighted by Gasteiger charge is 1.97. The van der Waals surface area contributed by atoms with Crippen LogP contribution < -0.4 is 5.73 Å². The number of allylic oxidation sites excluding steroid dienone is 6. The van der Waals surface area contributed by atoms with Crippen molar-refractivity contribution in [1.29, 1.82) is 0 Å². The lowest BCUT2D eigenvalue weighted by atomic mass is 10.2. The molecule has 0 atom stereocenters. The van der Waals surface area contributed by atoms with Gasteiger partial charge in [0.05, 0.1) is 12.7 Å². The molecule has 0 unspecified atom stereocenters. The van der Waals surface area contributed by atoms with Gasteiger partial charge in [-0.15, -0.1) is 0 Å². The van der Waals surface area contributed by atoms with E-state index in [0.717, 1.165) is 11.1 Å². The van der Waals surface area contributed by atoms with Crippen LogP contribution in [0.3, 0.4) is 0 Å². The summed E-state index contributed by atoms with van der Waals surface area (Å²) in [4.78, 5) is 0. The molecule has 0 spiro atoms. The van der Waals surface area contributed by atoms with Gasteiger partial charge in [-0.3, -0.25) is 4.68 Å². The Morgan fingerprint density at radius 3 is 2.61 bits per heavy atom. The first-order valence-electron chi connectivity index (χ1n) is 6.12. The zero-order valence-electron chi connectivity index (χ0n) is 11.3.